The molecular weight excluding hydrogens is 616 g/mol. The number of halogens is 1. The van der Waals surface area contributed by atoms with Crippen LogP contribution in [-0.2, 0) is 19.1 Å². The zero-order valence-corrected chi connectivity index (χ0v) is 29.8. The van der Waals surface area contributed by atoms with Crippen LogP contribution in [-0.4, -0.2) is 78.3 Å². The highest BCUT2D eigenvalue weighted by Crippen LogP contribution is 2.68. The van der Waals surface area contributed by atoms with E-state index < -0.39 is 0 Å². The van der Waals surface area contributed by atoms with Gasteiger partial charge in [0.25, 0.3) is 0 Å². The van der Waals surface area contributed by atoms with Gasteiger partial charge in [-0.3, -0.25) is 14.5 Å². The average molecular weight is 678 g/mol. The van der Waals surface area contributed by atoms with Gasteiger partial charge in [0, 0.05) is 31.2 Å². The van der Waals surface area contributed by atoms with E-state index in [1.807, 2.05) is 6.92 Å². The summed E-state index contributed by atoms with van der Waals surface area (Å²) < 4.78 is 13.8. The fourth-order valence-electron chi connectivity index (χ4n) is 12.2. The predicted octanol–water partition coefficient (Wildman–Crippen LogP) is 3.92. The third-order valence-electron chi connectivity index (χ3n) is 14.2. The minimum Gasteiger partial charge on any atom is -1.00 e. The molecule has 4 saturated carbocycles. The minimum absolute atomic E-state index is 0. The fraction of sp³-hybridized carbons (Fsp3) is 0.892. The van der Waals surface area contributed by atoms with Crippen LogP contribution in [0.5, 0.6) is 0 Å². The lowest BCUT2D eigenvalue weighted by Crippen LogP contribution is -3.00. The summed E-state index contributed by atoms with van der Waals surface area (Å²) in [6, 6.07) is 0.732. The van der Waals surface area contributed by atoms with Crippen molar-refractivity contribution in [1.82, 2.24) is 4.90 Å². The Hall–Kier alpha value is -0.920. The quantitative estimate of drug-likeness (QED) is 0.233. The van der Waals surface area contributed by atoms with Crippen LogP contribution in [0.15, 0.2) is 12.7 Å². The molecule has 10 atom stereocenters. The highest BCUT2D eigenvalue weighted by atomic mass is 79.9. The standard InChI is InChI=1S/C37H61N2O4.BrH/c1-6-20-39(21-12-9-13-22-39)32-24-30-28-15-14-27-23-33(43-34(41)7-2)31(38-18-10-8-11-19-38)25-37(27,5)29(28)16-17-36(30,4)35(32)42-26(3)40;/h6,27-33,35H,1,7-25H2,2-5H3;1H/q+1;/p-1/t27-,28?,29?,30?,31-,32-,33-,35+,36-,37-;/m0./s1. The van der Waals surface area contributed by atoms with Gasteiger partial charge in [-0.15, -0.1) is 0 Å². The second kappa shape index (κ2) is 13.7. The Balaban J connectivity index is 0.00000384. The molecule has 0 amide bonds. The molecule has 0 radical (unpaired) electrons. The van der Waals surface area contributed by atoms with Gasteiger partial charge in [-0.2, -0.15) is 0 Å². The molecule has 250 valence electrons. The third kappa shape index (κ3) is 5.98. The molecule has 0 spiro atoms. The first-order chi connectivity index (χ1) is 20.6. The number of esters is 2. The number of ether oxygens (including phenoxy) is 2. The summed E-state index contributed by atoms with van der Waals surface area (Å²) in [6.07, 6.45) is 18.7. The van der Waals surface area contributed by atoms with Crippen molar-refractivity contribution in [2.45, 2.75) is 142 Å². The number of hydrogen-bond acceptors (Lipinski definition) is 5. The van der Waals surface area contributed by atoms with Gasteiger partial charge < -0.3 is 30.9 Å². The smallest absolute Gasteiger partial charge is 0.305 e. The van der Waals surface area contributed by atoms with Gasteiger partial charge in [0.1, 0.15) is 12.1 Å². The largest absolute Gasteiger partial charge is 1.00 e. The van der Waals surface area contributed by atoms with Gasteiger partial charge in [0.15, 0.2) is 6.10 Å². The maximum Gasteiger partial charge on any atom is 0.305 e. The molecule has 3 unspecified atom stereocenters. The lowest BCUT2D eigenvalue weighted by Gasteiger charge is -2.62. The summed E-state index contributed by atoms with van der Waals surface area (Å²) in [5.74, 6) is 2.48. The van der Waals surface area contributed by atoms with E-state index in [2.05, 4.69) is 31.4 Å². The maximum absolute atomic E-state index is 12.7. The van der Waals surface area contributed by atoms with Crippen molar-refractivity contribution in [2.75, 3.05) is 32.7 Å². The maximum atomic E-state index is 12.7. The van der Waals surface area contributed by atoms with Gasteiger partial charge in [-0.1, -0.05) is 33.8 Å². The summed E-state index contributed by atoms with van der Waals surface area (Å²) >= 11 is 0. The Labute approximate surface area is 278 Å². The summed E-state index contributed by atoms with van der Waals surface area (Å²) in [7, 11) is 0. The lowest BCUT2D eigenvalue weighted by molar-refractivity contribution is -0.952. The van der Waals surface area contributed by atoms with Gasteiger partial charge in [-0.05, 0) is 119 Å². The van der Waals surface area contributed by atoms with Gasteiger partial charge in [-0.25, -0.2) is 0 Å². The van der Waals surface area contributed by atoms with Crippen molar-refractivity contribution in [3.63, 3.8) is 0 Å². The Morgan fingerprint density at radius 2 is 1.64 bits per heavy atom. The van der Waals surface area contributed by atoms with Crippen LogP contribution in [0, 0.1) is 34.5 Å². The van der Waals surface area contributed by atoms with Crippen LogP contribution in [0.25, 0.3) is 0 Å². The SMILES string of the molecule is C=CC[N+]1([C@H]2CC3C4CC[C@H]5C[C@H](OC(=O)CC)[C@@H](N6CCCCC6)C[C@]5(C)C4CC[C@]3(C)[C@@H]2OC(C)=O)CCCCC1.[Br-]. The Morgan fingerprint density at radius 1 is 0.932 bits per heavy atom. The Kier molecular flexibility index (Phi) is 10.7. The van der Waals surface area contributed by atoms with Crippen molar-refractivity contribution < 1.29 is 40.5 Å². The zero-order chi connectivity index (χ0) is 30.4. The Bertz CT molecular complexity index is 1040. The number of rotatable bonds is 7. The van der Waals surface area contributed by atoms with Crippen LogP contribution in [0.1, 0.15) is 118 Å². The van der Waals surface area contributed by atoms with E-state index >= 15 is 0 Å². The molecule has 0 aromatic heterocycles. The molecule has 2 saturated heterocycles. The molecule has 2 aliphatic heterocycles. The summed E-state index contributed by atoms with van der Waals surface area (Å²) in [6.45, 7) is 18.6. The van der Waals surface area contributed by atoms with Crippen molar-refractivity contribution in [2.24, 2.45) is 34.5 Å². The molecule has 0 aromatic carbocycles. The fourth-order valence-corrected chi connectivity index (χ4v) is 12.2. The second-order valence-corrected chi connectivity index (χ2v) is 16.2. The van der Waals surface area contributed by atoms with Gasteiger partial charge in [0.2, 0.25) is 0 Å². The van der Waals surface area contributed by atoms with E-state index in [1.54, 1.807) is 6.92 Å². The van der Waals surface area contributed by atoms with E-state index in [1.165, 1.54) is 77.3 Å². The number of hydrogen-bond donors (Lipinski definition) is 0. The van der Waals surface area contributed by atoms with Crippen LogP contribution in [0.3, 0.4) is 0 Å². The number of piperidine rings is 2. The molecule has 6 aliphatic rings. The molecule has 4 aliphatic carbocycles. The summed E-state index contributed by atoms with van der Waals surface area (Å²) in [5.41, 5.74) is 0.319. The monoisotopic (exact) mass is 676 g/mol. The molecule has 0 bridgehead atoms. The van der Waals surface area contributed by atoms with Crippen LogP contribution < -0.4 is 17.0 Å². The number of carbonyl (C=O) groups is 2. The number of nitrogens with zero attached hydrogens (tertiary/aromatic N) is 2. The third-order valence-corrected chi connectivity index (χ3v) is 14.2. The van der Waals surface area contributed by atoms with Crippen LogP contribution >= 0.6 is 0 Å². The van der Waals surface area contributed by atoms with Gasteiger partial charge in [0.05, 0.1) is 19.6 Å². The first kappa shape index (κ1) is 34.4. The summed E-state index contributed by atoms with van der Waals surface area (Å²) in [4.78, 5) is 28.0. The number of fused-ring (bicyclic) bond motifs is 5. The molecule has 2 heterocycles. The molecular formula is C37H61BrN2O4. The average Bonchev–Trinajstić information content (AvgIpc) is 3.30. The molecule has 44 heavy (non-hydrogen) atoms. The van der Waals surface area contributed by atoms with Gasteiger partial charge >= 0.3 is 11.9 Å². The lowest BCUT2D eigenvalue weighted by atomic mass is 9.44. The predicted molar refractivity (Wildman–Crippen MR) is 170 cm³/mol. The molecule has 6 rings (SSSR count). The minimum atomic E-state index is -0.104. The van der Waals surface area contributed by atoms with E-state index in [9.17, 15) is 9.59 Å². The Morgan fingerprint density at radius 3 is 2.30 bits per heavy atom. The highest BCUT2D eigenvalue weighted by molar-refractivity contribution is 5.69. The summed E-state index contributed by atoms with van der Waals surface area (Å²) in [5, 5.41) is 0. The van der Waals surface area contributed by atoms with Crippen molar-refractivity contribution in [3.05, 3.63) is 12.7 Å². The molecule has 7 heteroatoms. The van der Waals surface area contributed by atoms with E-state index in [4.69, 9.17) is 9.47 Å². The number of likely N-dealkylation sites (tertiary alicyclic amines) is 2. The van der Waals surface area contributed by atoms with E-state index in [0.717, 1.165) is 43.4 Å². The first-order valence-corrected chi connectivity index (χ1v) is 18.2. The molecule has 0 N–H and O–H groups in total. The topological polar surface area (TPSA) is 55.8 Å². The normalized spacial score (nSPS) is 43.4. The molecule has 0 aromatic rings. The second-order valence-electron chi connectivity index (χ2n) is 16.2. The molecule has 6 nitrogen and oxygen atoms in total. The van der Waals surface area contributed by atoms with Crippen LogP contribution in [0.2, 0.25) is 0 Å². The first-order valence-electron chi connectivity index (χ1n) is 18.2. The van der Waals surface area contributed by atoms with Crippen molar-refractivity contribution in [1.29, 1.82) is 0 Å². The van der Waals surface area contributed by atoms with Crippen LogP contribution in [0.4, 0.5) is 0 Å². The number of quaternary nitrogens is 1. The molecule has 6 fully saturated rings. The van der Waals surface area contributed by atoms with E-state index in [0.29, 0.717) is 42.2 Å². The highest BCUT2D eigenvalue weighted by Gasteiger charge is 2.67. The van der Waals surface area contributed by atoms with Crippen molar-refractivity contribution in [3.8, 4) is 0 Å². The van der Waals surface area contributed by atoms with E-state index in [-0.39, 0.29) is 52.0 Å². The van der Waals surface area contributed by atoms with Crippen molar-refractivity contribution >= 4 is 11.9 Å². The number of carbonyl (C=O) groups excluding carboxylic acids is 2. The zero-order valence-electron chi connectivity index (χ0n) is 28.2.